The van der Waals surface area contributed by atoms with Crippen molar-refractivity contribution in [2.24, 2.45) is 17.8 Å². The molecular weight excluding hydrogens is 267 g/mol. The fraction of sp³-hybridized carbons (Fsp3) is 0.588. The minimum atomic E-state index is -0.379. The van der Waals surface area contributed by atoms with E-state index in [2.05, 4.69) is 5.32 Å². The van der Waals surface area contributed by atoms with Crippen LogP contribution in [-0.2, 0) is 4.79 Å². The van der Waals surface area contributed by atoms with Gasteiger partial charge < -0.3 is 11.1 Å². The molecule has 0 saturated heterocycles. The fourth-order valence-corrected chi connectivity index (χ4v) is 3.98. The molecule has 0 aromatic heterocycles. The van der Waals surface area contributed by atoms with Crippen molar-refractivity contribution in [2.45, 2.75) is 44.9 Å². The quantitative estimate of drug-likeness (QED) is 0.810. The molecule has 1 aromatic rings. The molecule has 2 fully saturated rings. The van der Waals surface area contributed by atoms with Crippen molar-refractivity contribution in [2.75, 3.05) is 11.1 Å². The van der Waals surface area contributed by atoms with Crippen LogP contribution >= 0.6 is 0 Å². The van der Waals surface area contributed by atoms with Gasteiger partial charge in [-0.3, -0.25) is 4.79 Å². The Bertz CT molecular complexity index is 532. The van der Waals surface area contributed by atoms with Crippen LogP contribution in [-0.4, -0.2) is 5.91 Å². The van der Waals surface area contributed by atoms with Gasteiger partial charge in [-0.05, 0) is 49.3 Å². The summed E-state index contributed by atoms with van der Waals surface area (Å²) in [6.07, 6.45) is 8.31. The topological polar surface area (TPSA) is 55.1 Å². The van der Waals surface area contributed by atoms with E-state index >= 15 is 0 Å². The van der Waals surface area contributed by atoms with Crippen LogP contribution in [0.3, 0.4) is 0 Å². The van der Waals surface area contributed by atoms with Crippen molar-refractivity contribution in [3.63, 3.8) is 0 Å². The van der Waals surface area contributed by atoms with Crippen molar-refractivity contribution in [1.82, 2.24) is 0 Å². The average molecular weight is 290 g/mol. The molecule has 1 aromatic carbocycles. The number of carbonyl (C=O) groups is 1. The zero-order valence-electron chi connectivity index (χ0n) is 12.3. The van der Waals surface area contributed by atoms with Crippen LogP contribution in [0.15, 0.2) is 18.2 Å². The van der Waals surface area contributed by atoms with E-state index in [0.29, 0.717) is 17.3 Å². The number of carbonyl (C=O) groups excluding carboxylic acids is 1. The van der Waals surface area contributed by atoms with Crippen molar-refractivity contribution in [3.8, 4) is 0 Å². The predicted molar refractivity (Wildman–Crippen MR) is 82.2 cm³/mol. The lowest BCUT2D eigenvalue weighted by Gasteiger charge is -2.38. The summed E-state index contributed by atoms with van der Waals surface area (Å²) in [5, 5.41) is 2.81. The van der Waals surface area contributed by atoms with Crippen LogP contribution in [0.1, 0.15) is 44.9 Å². The molecule has 3 atom stereocenters. The molecule has 2 aliphatic rings. The molecule has 0 spiro atoms. The van der Waals surface area contributed by atoms with Gasteiger partial charge in [0.15, 0.2) is 0 Å². The molecule has 0 heterocycles. The maximum atomic E-state index is 13.3. The van der Waals surface area contributed by atoms with Crippen LogP contribution in [0.2, 0.25) is 0 Å². The number of nitrogens with two attached hydrogens (primary N) is 1. The fourth-order valence-electron chi connectivity index (χ4n) is 3.98. The summed E-state index contributed by atoms with van der Waals surface area (Å²) < 4.78 is 13.3. The van der Waals surface area contributed by atoms with Crippen molar-refractivity contribution < 1.29 is 9.18 Å². The highest BCUT2D eigenvalue weighted by atomic mass is 19.1. The van der Waals surface area contributed by atoms with Gasteiger partial charge in [0.1, 0.15) is 5.82 Å². The largest absolute Gasteiger partial charge is 0.397 e. The molecule has 21 heavy (non-hydrogen) atoms. The molecule has 3 unspecified atom stereocenters. The monoisotopic (exact) mass is 290 g/mol. The first-order chi connectivity index (χ1) is 10.1. The van der Waals surface area contributed by atoms with E-state index in [1.54, 1.807) is 0 Å². The summed E-state index contributed by atoms with van der Waals surface area (Å²) in [5.74, 6) is 1.19. The maximum absolute atomic E-state index is 13.3. The normalized spacial score (nSPS) is 28.7. The van der Waals surface area contributed by atoms with E-state index in [1.165, 1.54) is 43.9 Å². The number of amides is 1. The predicted octanol–water partition coefficient (Wildman–Crippen LogP) is 3.95. The van der Waals surface area contributed by atoms with E-state index in [0.717, 1.165) is 25.2 Å². The van der Waals surface area contributed by atoms with Crippen LogP contribution in [0.4, 0.5) is 15.8 Å². The van der Waals surface area contributed by atoms with E-state index < -0.39 is 0 Å². The SMILES string of the molecule is Nc1ccc(F)cc1NC(=O)C1CCC2CCCCC2C1. The second-order valence-electron chi connectivity index (χ2n) is 6.54. The zero-order chi connectivity index (χ0) is 14.8. The highest BCUT2D eigenvalue weighted by molar-refractivity contribution is 5.95. The molecule has 3 N–H and O–H groups in total. The Morgan fingerprint density at radius 2 is 1.90 bits per heavy atom. The van der Waals surface area contributed by atoms with Crippen LogP contribution in [0.5, 0.6) is 0 Å². The van der Waals surface area contributed by atoms with E-state index in [9.17, 15) is 9.18 Å². The number of nitrogen functional groups attached to an aromatic ring is 1. The van der Waals surface area contributed by atoms with Crippen molar-refractivity contribution in [1.29, 1.82) is 0 Å². The second kappa shape index (κ2) is 6.04. The zero-order valence-corrected chi connectivity index (χ0v) is 12.3. The Morgan fingerprint density at radius 3 is 2.71 bits per heavy atom. The molecule has 1 amide bonds. The number of hydrogen-bond acceptors (Lipinski definition) is 2. The summed E-state index contributed by atoms with van der Waals surface area (Å²) in [6, 6.07) is 4.08. The van der Waals surface area contributed by atoms with Crippen LogP contribution < -0.4 is 11.1 Å². The first-order valence-corrected chi connectivity index (χ1v) is 7.99. The van der Waals surface area contributed by atoms with Crippen LogP contribution in [0, 0.1) is 23.6 Å². The van der Waals surface area contributed by atoms with Gasteiger partial charge in [-0.15, -0.1) is 0 Å². The molecule has 114 valence electrons. The van der Waals surface area contributed by atoms with E-state index in [1.807, 2.05) is 0 Å². The highest BCUT2D eigenvalue weighted by Crippen LogP contribution is 2.43. The number of fused-ring (bicyclic) bond motifs is 1. The number of halogens is 1. The minimum absolute atomic E-state index is 0.00340. The van der Waals surface area contributed by atoms with Gasteiger partial charge in [0, 0.05) is 5.92 Å². The Balaban J connectivity index is 1.64. The van der Waals surface area contributed by atoms with Crippen molar-refractivity contribution >= 4 is 17.3 Å². The minimum Gasteiger partial charge on any atom is -0.397 e. The summed E-state index contributed by atoms with van der Waals surface area (Å²) >= 11 is 0. The van der Waals surface area contributed by atoms with E-state index in [4.69, 9.17) is 5.73 Å². The van der Waals surface area contributed by atoms with Gasteiger partial charge in [0.05, 0.1) is 11.4 Å². The second-order valence-corrected chi connectivity index (χ2v) is 6.54. The number of hydrogen-bond donors (Lipinski definition) is 2. The lowest BCUT2D eigenvalue weighted by molar-refractivity contribution is -0.122. The third kappa shape index (κ3) is 3.20. The van der Waals surface area contributed by atoms with E-state index in [-0.39, 0.29) is 17.6 Å². The van der Waals surface area contributed by atoms with Crippen LogP contribution in [0.25, 0.3) is 0 Å². The summed E-state index contributed by atoms with van der Waals surface area (Å²) in [6.45, 7) is 0. The summed E-state index contributed by atoms with van der Waals surface area (Å²) in [4.78, 5) is 12.4. The highest BCUT2D eigenvalue weighted by Gasteiger charge is 2.35. The summed E-state index contributed by atoms with van der Waals surface area (Å²) in [5.41, 5.74) is 6.60. The van der Waals surface area contributed by atoms with Gasteiger partial charge in [-0.2, -0.15) is 0 Å². The third-order valence-corrected chi connectivity index (χ3v) is 5.18. The Labute approximate surface area is 125 Å². The molecular formula is C17H23FN2O. The summed E-state index contributed by atoms with van der Waals surface area (Å²) in [7, 11) is 0. The Kier molecular flexibility index (Phi) is 4.13. The molecule has 0 radical (unpaired) electrons. The third-order valence-electron chi connectivity index (χ3n) is 5.18. The number of anilines is 2. The smallest absolute Gasteiger partial charge is 0.227 e. The molecule has 0 bridgehead atoms. The van der Waals surface area contributed by atoms with Gasteiger partial charge in [0.2, 0.25) is 5.91 Å². The molecule has 0 aliphatic heterocycles. The Morgan fingerprint density at radius 1 is 1.14 bits per heavy atom. The first kappa shape index (κ1) is 14.4. The van der Waals surface area contributed by atoms with Gasteiger partial charge in [0.25, 0.3) is 0 Å². The lowest BCUT2D eigenvalue weighted by atomic mass is 9.67. The number of benzene rings is 1. The number of rotatable bonds is 2. The molecule has 2 aliphatic carbocycles. The molecule has 3 rings (SSSR count). The molecule has 3 nitrogen and oxygen atoms in total. The Hall–Kier alpha value is -1.58. The number of nitrogens with one attached hydrogen (secondary N) is 1. The standard InChI is InChI=1S/C17H23FN2O/c18-14-7-8-15(19)16(10-14)20-17(21)13-6-5-11-3-1-2-4-12(11)9-13/h7-8,10-13H,1-6,9,19H2,(H,20,21). The lowest BCUT2D eigenvalue weighted by Crippen LogP contribution is -2.34. The van der Waals surface area contributed by atoms with Gasteiger partial charge in [-0.25, -0.2) is 4.39 Å². The molecule has 2 saturated carbocycles. The van der Waals surface area contributed by atoms with Gasteiger partial charge in [-0.1, -0.05) is 25.7 Å². The average Bonchev–Trinajstić information content (AvgIpc) is 2.50. The maximum Gasteiger partial charge on any atom is 0.227 e. The van der Waals surface area contributed by atoms with Gasteiger partial charge >= 0.3 is 0 Å². The molecule has 4 heteroatoms. The van der Waals surface area contributed by atoms with Crippen molar-refractivity contribution in [3.05, 3.63) is 24.0 Å². The first-order valence-electron chi connectivity index (χ1n) is 7.99.